The lowest BCUT2D eigenvalue weighted by Gasteiger charge is -2.18. The van der Waals surface area contributed by atoms with Crippen LogP contribution in [-0.4, -0.2) is 42.6 Å². The van der Waals surface area contributed by atoms with Gasteiger partial charge in [-0.1, -0.05) is 0 Å². The highest BCUT2D eigenvalue weighted by Crippen LogP contribution is 2.18. The molecule has 98 valence electrons. The summed E-state index contributed by atoms with van der Waals surface area (Å²) in [6.45, 7) is 2.22. The maximum absolute atomic E-state index is 11.7. The molecule has 2 N–H and O–H groups in total. The van der Waals surface area contributed by atoms with Crippen LogP contribution in [0.4, 0.5) is 11.8 Å². The molecule has 1 heterocycles. The Kier molecular flexibility index (Phi) is 3.64. The van der Waals surface area contributed by atoms with Gasteiger partial charge in [0.2, 0.25) is 11.9 Å². The van der Waals surface area contributed by atoms with Gasteiger partial charge in [-0.25, -0.2) is 4.98 Å². The topological polar surface area (TPSA) is 70.2 Å². The zero-order valence-electron chi connectivity index (χ0n) is 11.0. The normalized spacial score (nSPS) is 14.2. The molecular formula is C12H19N5O. The fourth-order valence-corrected chi connectivity index (χ4v) is 1.66. The number of aromatic nitrogens is 2. The molecule has 0 spiro atoms. The van der Waals surface area contributed by atoms with E-state index in [2.05, 4.69) is 20.6 Å². The molecule has 1 fully saturated rings. The van der Waals surface area contributed by atoms with Crippen LogP contribution in [0.25, 0.3) is 0 Å². The average Bonchev–Trinajstić information content (AvgIpc) is 3.11. The van der Waals surface area contributed by atoms with Crippen LogP contribution in [-0.2, 0) is 4.79 Å². The second kappa shape index (κ2) is 5.20. The molecule has 2 rings (SSSR count). The molecular weight excluding hydrogens is 230 g/mol. The third-order valence-electron chi connectivity index (χ3n) is 2.78. The monoisotopic (exact) mass is 249 g/mol. The third kappa shape index (κ3) is 3.32. The van der Waals surface area contributed by atoms with E-state index in [1.165, 1.54) is 0 Å². The molecule has 1 saturated carbocycles. The van der Waals surface area contributed by atoms with Gasteiger partial charge in [0.05, 0.1) is 6.54 Å². The molecule has 0 aromatic carbocycles. The van der Waals surface area contributed by atoms with Crippen LogP contribution in [0.2, 0.25) is 0 Å². The van der Waals surface area contributed by atoms with Crippen molar-refractivity contribution < 1.29 is 4.79 Å². The van der Waals surface area contributed by atoms with Crippen molar-refractivity contribution in [2.75, 3.05) is 30.9 Å². The van der Waals surface area contributed by atoms with Crippen molar-refractivity contribution in [2.45, 2.75) is 25.8 Å². The van der Waals surface area contributed by atoms with E-state index in [-0.39, 0.29) is 5.91 Å². The van der Waals surface area contributed by atoms with Gasteiger partial charge in [0.15, 0.2) is 0 Å². The largest absolute Gasteiger partial charge is 0.357 e. The Morgan fingerprint density at radius 2 is 2.22 bits per heavy atom. The minimum Gasteiger partial charge on any atom is -0.357 e. The number of likely N-dealkylation sites (N-methyl/N-ethyl adjacent to an activating group) is 1. The summed E-state index contributed by atoms with van der Waals surface area (Å²) in [5.41, 5.74) is 0.874. The molecule has 0 bridgehead atoms. The van der Waals surface area contributed by atoms with E-state index in [9.17, 15) is 4.79 Å². The highest BCUT2D eigenvalue weighted by molar-refractivity contribution is 5.81. The van der Waals surface area contributed by atoms with Gasteiger partial charge in [-0.3, -0.25) is 4.79 Å². The smallest absolute Gasteiger partial charge is 0.239 e. The Balaban J connectivity index is 2.00. The first kappa shape index (κ1) is 12.6. The summed E-state index contributed by atoms with van der Waals surface area (Å²) >= 11 is 0. The zero-order valence-corrected chi connectivity index (χ0v) is 11.0. The molecule has 0 saturated heterocycles. The Hall–Kier alpha value is -1.85. The number of amides is 1. The van der Waals surface area contributed by atoms with Gasteiger partial charge < -0.3 is 15.5 Å². The van der Waals surface area contributed by atoms with Gasteiger partial charge in [0.25, 0.3) is 0 Å². The Morgan fingerprint density at radius 3 is 2.83 bits per heavy atom. The highest BCUT2D eigenvalue weighted by atomic mass is 16.2. The van der Waals surface area contributed by atoms with E-state index in [4.69, 9.17) is 0 Å². The lowest BCUT2D eigenvalue weighted by atomic mass is 10.4. The van der Waals surface area contributed by atoms with Gasteiger partial charge >= 0.3 is 0 Å². The Labute approximate surface area is 107 Å². The van der Waals surface area contributed by atoms with E-state index in [0.717, 1.165) is 24.4 Å². The SMILES string of the molecule is CNc1nc(C)cc(N(C)CC(=O)NC2CC2)n1. The number of aryl methyl sites for hydroxylation is 1. The summed E-state index contributed by atoms with van der Waals surface area (Å²) < 4.78 is 0. The molecule has 18 heavy (non-hydrogen) atoms. The predicted octanol–water partition coefficient (Wildman–Crippen LogP) is 0.542. The van der Waals surface area contributed by atoms with E-state index < -0.39 is 0 Å². The molecule has 1 amide bonds. The maximum Gasteiger partial charge on any atom is 0.239 e. The second-order valence-corrected chi connectivity index (χ2v) is 4.64. The summed E-state index contributed by atoms with van der Waals surface area (Å²) in [6.07, 6.45) is 2.21. The molecule has 0 aliphatic heterocycles. The van der Waals surface area contributed by atoms with Crippen molar-refractivity contribution in [2.24, 2.45) is 0 Å². The molecule has 1 aliphatic rings. The summed E-state index contributed by atoms with van der Waals surface area (Å²) in [6, 6.07) is 2.26. The van der Waals surface area contributed by atoms with E-state index in [0.29, 0.717) is 18.5 Å². The predicted molar refractivity (Wildman–Crippen MR) is 70.8 cm³/mol. The van der Waals surface area contributed by atoms with Crippen molar-refractivity contribution in [1.82, 2.24) is 15.3 Å². The van der Waals surface area contributed by atoms with Crippen molar-refractivity contribution in [3.05, 3.63) is 11.8 Å². The standard InChI is InChI=1S/C12H19N5O/c1-8-6-10(16-12(13-2)14-8)17(3)7-11(18)15-9-4-5-9/h6,9H,4-5,7H2,1-3H3,(H,15,18)(H,13,14,16). The summed E-state index contributed by atoms with van der Waals surface area (Å²) in [5, 5.41) is 5.87. The molecule has 6 heteroatoms. The van der Waals surface area contributed by atoms with E-state index in [1.807, 2.05) is 24.9 Å². The van der Waals surface area contributed by atoms with Gasteiger partial charge in [-0.2, -0.15) is 4.98 Å². The highest BCUT2D eigenvalue weighted by Gasteiger charge is 2.23. The average molecular weight is 249 g/mol. The van der Waals surface area contributed by atoms with Gasteiger partial charge in [-0.15, -0.1) is 0 Å². The number of nitrogens with one attached hydrogen (secondary N) is 2. The lowest BCUT2D eigenvalue weighted by molar-refractivity contribution is -0.119. The number of rotatable bonds is 5. The fourth-order valence-electron chi connectivity index (χ4n) is 1.66. The van der Waals surface area contributed by atoms with Crippen LogP contribution >= 0.6 is 0 Å². The minimum atomic E-state index is 0.0438. The van der Waals surface area contributed by atoms with Crippen molar-refractivity contribution >= 4 is 17.7 Å². The Bertz CT molecular complexity index is 444. The first-order valence-electron chi connectivity index (χ1n) is 6.12. The summed E-state index contributed by atoms with van der Waals surface area (Å²) in [5.74, 6) is 1.36. The summed E-state index contributed by atoms with van der Waals surface area (Å²) in [7, 11) is 3.63. The molecule has 1 aromatic rings. The van der Waals surface area contributed by atoms with Crippen molar-refractivity contribution in [3.63, 3.8) is 0 Å². The number of carbonyl (C=O) groups is 1. The van der Waals surface area contributed by atoms with Crippen molar-refractivity contribution in [1.29, 1.82) is 0 Å². The molecule has 0 radical (unpaired) electrons. The quantitative estimate of drug-likeness (QED) is 0.797. The first-order valence-corrected chi connectivity index (χ1v) is 6.12. The van der Waals surface area contributed by atoms with Gasteiger partial charge in [0.1, 0.15) is 5.82 Å². The summed E-state index contributed by atoms with van der Waals surface area (Å²) in [4.78, 5) is 22.1. The number of anilines is 2. The van der Waals surface area contributed by atoms with Crippen LogP contribution in [0.3, 0.4) is 0 Å². The van der Waals surface area contributed by atoms with Crippen LogP contribution in [0.5, 0.6) is 0 Å². The van der Waals surface area contributed by atoms with Gasteiger partial charge in [0, 0.05) is 31.9 Å². The van der Waals surface area contributed by atoms with E-state index >= 15 is 0 Å². The maximum atomic E-state index is 11.7. The van der Waals surface area contributed by atoms with Crippen LogP contribution in [0.1, 0.15) is 18.5 Å². The molecule has 1 aromatic heterocycles. The number of hydrogen-bond acceptors (Lipinski definition) is 5. The van der Waals surface area contributed by atoms with Crippen LogP contribution in [0, 0.1) is 6.92 Å². The molecule has 1 aliphatic carbocycles. The minimum absolute atomic E-state index is 0.0438. The third-order valence-corrected chi connectivity index (χ3v) is 2.78. The zero-order chi connectivity index (χ0) is 13.1. The number of carbonyl (C=O) groups excluding carboxylic acids is 1. The van der Waals surface area contributed by atoms with E-state index in [1.54, 1.807) is 7.05 Å². The van der Waals surface area contributed by atoms with Crippen LogP contribution in [0.15, 0.2) is 6.07 Å². The molecule has 0 unspecified atom stereocenters. The number of hydrogen-bond donors (Lipinski definition) is 2. The molecule has 0 atom stereocenters. The molecule has 6 nitrogen and oxygen atoms in total. The lowest BCUT2D eigenvalue weighted by Crippen LogP contribution is -2.36. The van der Waals surface area contributed by atoms with Crippen LogP contribution < -0.4 is 15.5 Å². The Morgan fingerprint density at radius 1 is 1.50 bits per heavy atom. The first-order chi connectivity index (χ1) is 8.58. The van der Waals surface area contributed by atoms with Gasteiger partial charge in [-0.05, 0) is 19.8 Å². The number of nitrogens with zero attached hydrogens (tertiary/aromatic N) is 3. The van der Waals surface area contributed by atoms with Crippen molar-refractivity contribution in [3.8, 4) is 0 Å². The fraction of sp³-hybridized carbons (Fsp3) is 0.583. The second-order valence-electron chi connectivity index (χ2n) is 4.64.